The Morgan fingerprint density at radius 3 is 2.63 bits per heavy atom. The molecule has 0 atom stereocenters. The third kappa shape index (κ3) is 3.84. The summed E-state index contributed by atoms with van der Waals surface area (Å²) >= 11 is 0. The van der Waals surface area contributed by atoms with Gasteiger partial charge < -0.3 is 15.3 Å². The molecule has 0 saturated heterocycles. The van der Waals surface area contributed by atoms with Crippen molar-refractivity contribution in [3.63, 3.8) is 0 Å². The third-order valence-corrected chi connectivity index (χ3v) is 5.01. The molecule has 2 aromatic carbocycles. The lowest BCUT2D eigenvalue weighted by Crippen LogP contribution is -2.37. The summed E-state index contributed by atoms with van der Waals surface area (Å²) in [7, 11) is 1.50. The van der Waals surface area contributed by atoms with E-state index < -0.39 is 11.9 Å². The van der Waals surface area contributed by atoms with Crippen molar-refractivity contribution in [3.8, 4) is 11.5 Å². The van der Waals surface area contributed by atoms with E-state index in [-0.39, 0.29) is 6.04 Å². The topological polar surface area (TPSA) is 107 Å². The van der Waals surface area contributed by atoms with Gasteiger partial charge in [-0.15, -0.1) is 0 Å². The molecule has 1 saturated carbocycles. The Morgan fingerprint density at radius 2 is 1.97 bits per heavy atom. The largest absolute Gasteiger partial charge is 0.496 e. The van der Waals surface area contributed by atoms with Crippen LogP contribution in [0.5, 0.6) is 11.5 Å². The first-order chi connectivity index (χ1) is 14.5. The number of rotatable bonds is 6. The van der Waals surface area contributed by atoms with Crippen molar-refractivity contribution in [2.75, 3.05) is 12.0 Å². The highest BCUT2D eigenvalue weighted by atomic mass is 16.7. The fourth-order valence-electron chi connectivity index (χ4n) is 3.35. The molecule has 1 aliphatic carbocycles. The standard InChI is InChI=1S/C22H22N4O4/c1-13-10-16(26(22(23)28)15-5-6-15)7-8-19(13)30-25-21(27)17-11-14-4-3-9-24-18(14)12-20(17)29-2/h3-4,7-12,15H,5-6H2,1-2H3,(H2,23,28)(H,25,27). The smallest absolute Gasteiger partial charge is 0.319 e. The van der Waals surface area contributed by atoms with E-state index in [1.54, 1.807) is 41.4 Å². The van der Waals surface area contributed by atoms with Crippen LogP contribution in [0.1, 0.15) is 28.8 Å². The van der Waals surface area contributed by atoms with Crippen molar-refractivity contribution < 1.29 is 19.2 Å². The number of ether oxygens (including phenoxy) is 1. The molecule has 154 valence electrons. The number of carbonyl (C=O) groups excluding carboxylic acids is 2. The molecule has 0 unspecified atom stereocenters. The Balaban J connectivity index is 1.51. The van der Waals surface area contributed by atoms with Crippen molar-refractivity contribution in [2.24, 2.45) is 5.73 Å². The van der Waals surface area contributed by atoms with E-state index in [1.807, 2.05) is 19.1 Å². The summed E-state index contributed by atoms with van der Waals surface area (Å²) in [6, 6.07) is 12.0. The quantitative estimate of drug-likeness (QED) is 0.611. The Labute approximate surface area is 173 Å². The number of hydrogen-bond donors (Lipinski definition) is 2. The van der Waals surface area contributed by atoms with Gasteiger partial charge in [-0.2, -0.15) is 5.48 Å². The Morgan fingerprint density at radius 1 is 1.17 bits per heavy atom. The number of hydrogen-bond acceptors (Lipinski definition) is 5. The van der Waals surface area contributed by atoms with Crippen LogP contribution in [0, 0.1) is 6.92 Å². The average molecular weight is 406 g/mol. The van der Waals surface area contributed by atoms with Crippen LogP contribution in [0.25, 0.3) is 10.9 Å². The number of primary amides is 1. The summed E-state index contributed by atoms with van der Waals surface area (Å²) in [5.41, 5.74) is 10.5. The minimum atomic E-state index is -0.475. The normalized spacial score (nSPS) is 13.0. The van der Waals surface area contributed by atoms with Crippen LogP contribution in [-0.2, 0) is 0 Å². The Hall–Kier alpha value is -3.81. The molecule has 1 aromatic heterocycles. The predicted molar refractivity (Wildman–Crippen MR) is 113 cm³/mol. The highest BCUT2D eigenvalue weighted by molar-refractivity contribution is 6.00. The van der Waals surface area contributed by atoms with Crippen LogP contribution in [0.2, 0.25) is 0 Å². The Kier molecular flexibility index (Phi) is 5.14. The molecule has 3 aromatic rings. The maximum absolute atomic E-state index is 12.7. The Bertz CT molecular complexity index is 1130. The molecule has 3 N–H and O–H groups in total. The van der Waals surface area contributed by atoms with Gasteiger partial charge in [-0.25, -0.2) is 4.79 Å². The zero-order valence-corrected chi connectivity index (χ0v) is 16.7. The highest BCUT2D eigenvalue weighted by Crippen LogP contribution is 2.33. The molecule has 0 bridgehead atoms. The van der Waals surface area contributed by atoms with E-state index in [0.29, 0.717) is 22.7 Å². The van der Waals surface area contributed by atoms with Gasteiger partial charge in [0.25, 0.3) is 5.91 Å². The van der Waals surface area contributed by atoms with Crippen LogP contribution in [-0.4, -0.2) is 30.1 Å². The first kappa shape index (κ1) is 19.5. The second-order valence-corrected chi connectivity index (χ2v) is 7.17. The minimum absolute atomic E-state index is 0.156. The molecule has 0 aliphatic heterocycles. The maximum atomic E-state index is 12.7. The number of fused-ring (bicyclic) bond motifs is 1. The number of hydroxylamine groups is 1. The number of pyridine rings is 1. The molecule has 3 amide bonds. The van der Waals surface area contributed by atoms with Gasteiger partial charge in [0.2, 0.25) is 0 Å². The SMILES string of the molecule is COc1cc2ncccc2cc1C(=O)NOc1ccc(N(C(N)=O)C2CC2)cc1C. The van der Waals surface area contributed by atoms with E-state index >= 15 is 0 Å². The van der Waals surface area contributed by atoms with E-state index in [4.69, 9.17) is 15.3 Å². The molecule has 1 fully saturated rings. The minimum Gasteiger partial charge on any atom is -0.496 e. The van der Waals surface area contributed by atoms with Crippen LogP contribution < -0.4 is 25.7 Å². The summed E-state index contributed by atoms with van der Waals surface area (Å²) in [5, 5.41) is 0.815. The first-order valence-electron chi connectivity index (χ1n) is 9.57. The zero-order chi connectivity index (χ0) is 21.3. The van der Waals surface area contributed by atoms with Gasteiger partial charge in [-0.3, -0.25) is 14.7 Å². The van der Waals surface area contributed by atoms with Crippen LogP contribution in [0.4, 0.5) is 10.5 Å². The van der Waals surface area contributed by atoms with E-state index in [0.717, 1.165) is 29.3 Å². The predicted octanol–water partition coefficient (Wildman–Crippen LogP) is 3.32. The van der Waals surface area contributed by atoms with Gasteiger partial charge in [0.05, 0.1) is 18.2 Å². The fraction of sp³-hybridized carbons (Fsp3) is 0.227. The number of nitrogens with two attached hydrogens (primary N) is 1. The summed E-state index contributed by atoms with van der Waals surface area (Å²) in [6.45, 7) is 1.83. The number of nitrogens with one attached hydrogen (secondary N) is 1. The number of aromatic nitrogens is 1. The fourth-order valence-corrected chi connectivity index (χ4v) is 3.35. The number of anilines is 1. The van der Waals surface area contributed by atoms with Gasteiger partial charge >= 0.3 is 6.03 Å². The lowest BCUT2D eigenvalue weighted by molar-refractivity contribution is 0.0755. The summed E-state index contributed by atoms with van der Waals surface area (Å²) in [4.78, 5) is 35.8. The highest BCUT2D eigenvalue weighted by Gasteiger charge is 2.32. The number of methoxy groups -OCH3 is 1. The number of nitrogens with zero attached hydrogens (tertiary/aromatic N) is 2. The van der Waals surface area contributed by atoms with Crippen molar-refractivity contribution in [1.29, 1.82) is 0 Å². The molecule has 8 heteroatoms. The molecule has 8 nitrogen and oxygen atoms in total. The van der Waals surface area contributed by atoms with Gasteiger partial charge in [-0.05, 0) is 55.7 Å². The van der Waals surface area contributed by atoms with Gasteiger partial charge in [-0.1, -0.05) is 6.07 Å². The van der Waals surface area contributed by atoms with E-state index in [9.17, 15) is 9.59 Å². The number of urea groups is 1. The second kappa shape index (κ2) is 7.90. The van der Waals surface area contributed by atoms with Crippen molar-refractivity contribution >= 4 is 28.5 Å². The monoisotopic (exact) mass is 406 g/mol. The number of aryl methyl sites for hydroxylation is 1. The number of benzene rings is 2. The van der Waals surface area contributed by atoms with E-state index in [2.05, 4.69) is 10.5 Å². The van der Waals surface area contributed by atoms with Crippen molar-refractivity contribution in [2.45, 2.75) is 25.8 Å². The van der Waals surface area contributed by atoms with Crippen molar-refractivity contribution in [1.82, 2.24) is 10.5 Å². The van der Waals surface area contributed by atoms with Gasteiger partial charge in [0, 0.05) is 29.4 Å². The van der Waals surface area contributed by atoms with E-state index in [1.165, 1.54) is 7.11 Å². The number of amides is 3. The molecule has 4 rings (SSSR count). The van der Waals surface area contributed by atoms with Crippen LogP contribution >= 0.6 is 0 Å². The number of carbonyl (C=O) groups is 2. The van der Waals surface area contributed by atoms with Gasteiger partial charge in [0.15, 0.2) is 5.75 Å². The second-order valence-electron chi connectivity index (χ2n) is 7.17. The average Bonchev–Trinajstić information content (AvgIpc) is 3.56. The lowest BCUT2D eigenvalue weighted by Gasteiger charge is -2.21. The molecule has 30 heavy (non-hydrogen) atoms. The molecule has 0 spiro atoms. The third-order valence-electron chi connectivity index (χ3n) is 5.01. The van der Waals surface area contributed by atoms with Crippen LogP contribution in [0.15, 0.2) is 48.7 Å². The summed E-state index contributed by atoms with van der Waals surface area (Å²) in [5.74, 6) is 0.419. The summed E-state index contributed by atoms with van der Waals surface area (Å²) in [6.07, 6.45) is 3.57. The maximum Gasteiger partial charge on any atom is 0.319 e. The van der Waals surface area contributed by atoms with Crippen LogP contribution in [0.3, 0.4) is 0 Å². The molecule has 1 heterocycles. The lowest BCUT2D eigenvalue weighted by atomic mass is 10.1. The first-order valence-corrected chi connectivity index (χ1v) is 9.57. The molecular weight excluding hydrogens is 384 g/mol. The van der Waals surface area contributed by atoms with Gasteiger partial charge in [0.1, 0.15) is 5.75 Å². The summed E-state index contributed by atoms with van der Waals surface area (Å²) < 4.78 is 5.34. The zero-order valence-electron chi connectivity index (χ0n) is 16.7. The molecule has 0 radical (unpaired) electrons. The molecule has 1 aliphatic rings. The van der Waals surface area contributed by atoms with Crippen molar-refractivity contribution in [3.05, 3.63) is 59.8 Å². The molecular formula is C22H22N4O4.